The molecule has 1 saturated heterocycles. The van der Waals surface area contributed by atoms with Gasteiger partial charge in [0.2, 0.25) is 0 Å². The Kier molecular flexibility index (Phi) is 5.27. The molecule has 28 heavy (non-hydrogen) atoms. The topological polar surface area (TPSA) is 71.8 Å². The van der Waals surface area contributed by atoms with Crippen molar-refractivity contribution in [3.8, 4) is 0 Å². The van der Waals surface area contributed by atoms with Crippen LogP contribution in [-0.4, -0.2) is 52.3 Å². The van der Waals surface area contributed by atoms with Crippen LogP contribution in [-0.2, 0) is 4.74 Å². The summed E-state index contributed by atoms with van der Waals surface area (Å²) in [6.07, 6.45) is 7.82. The van der Waals surface area contributed by atoms with Gasteiger partial charge in [-0.3, -0.25) is 4.79 Å². The predicted molar refractivity (Wildman–Crippen MR) is 109 cm³/mol. The first-order chi connectivity index (χ1) is 13.5. The molecule has 1 N–H and O–H groups in total. The lowest BCUT2D eigenvalue weighted by Crippen LogP contribution is -2.50. The van der Waals surface area contributed by atoms with Gasteiger partial charge in [-0.25, -0.2) is 9.50 Å². The van der Waals surface area contributed by atoms with Crippen molar-refractivity contribution in [3.05, 3.63) is 23.5 Å². The van der Waals surface area contributed by atoms with E-state index in [-0.39, 0.29) is 11.4 Å². The molecule has 0 radical (unpaired) electrons. The van der Waals surface area contributed by atoms with Crippen LogP contribution in [0.5, 0.6) is 0 Å². The molecule has 1 saturated carbocycles. The van der Waals surface area contributed by atoms with Crippen molar-refractivity contribution in [2.45, 2.75) is 58.4 Å². The molecule has 0 bridgehead atoms. The van der Waals surface area contributed by atoms with Crippen LogP contribution in [0.2, 0.25) is 0 Å². The van der Waals surface area contributed by atoms with Crippen molar-refractivity contribution in [1.29, 1.82) is 0 Å². The van der Waals surface area contributed by atoms with Crippen LogP contribution < -0.4 is 10.2 Å². The average molecular weight is 386 g/mol. The number of hydrogen-bond donors (Lipinski definition) is 1. The normalized spacial score (nSPS) is 19.2. The van der Waals surface area contributed by atoms with Crippen molar-refractivity contribution >= 4 is 17.4 Å². The van der Waals surface area contributed by atoms with Crippen LogP contribution in [0.3, 0.4) is 0 Å². The van der Waals surface area contributed by atoms with E-state index in [2.05, 4.69) is 29.0 Å². The number of carbonyl (C=O) groups excluding carboxylic acids is 1. The first kappa shape index (κ1) is 19.2. The summed E-state index contributed by atoms with van der Waals surface area (Å²) in [5.74, 6) is 1.28. The highest BCUT2D eigenvalue weighted by Gasteiger charge is 2.33. The molecule has 1 aliphatic carbocycles. The highest BCUT2D eigenvalue weighted by atomic mass is 16.5. The number of aryl methyl sites for hydroxylation is 1. The van der Waals surface area contributed by atoms with Gasteiger partial charge in [0.25, 0.3) is 5.91 Å². The second-order valence-corrected chi connectivity index (χ2v) is 8.67. The van der Waals surface area contributed by atoms with E-state index in [1.54, 1.807) is 10.7 Å². The fourth-order valence-corrected chi connectivity index (χ4v) is 4.49. The minimum absolute atomic E-state index is 0.103. The third-order valence-corrected chi connectivity index (χ3v) is 6.27. The predicted octanol–water partition coefficient (Wildman–Crippen LogP) is 2.96. The Hall–Kier alpha value is -2.15. The SMILES string of the molecule is Cc1cc(N2CCOCC2)nn2c(C(=O)NC(C)(C)C3CCCCC3)cnc12. The van der Waals surface area contributed by atoms with Crippen molar-refractivity contribution in [1.82, 2.24) is 19.9 Å². The molecular formula is C21H31N5O2. The Morgan fingerprint density at radius 3 is 2.64 bits per heavy atom. The van der Waals surface area contributed by atoms with Crippen molar-refractivity contribution in [3.63, 3.8) is 0 Å². The van der Waals surface area contributed by atoms with Crippen LogP contribution in [0.1, 0.15) is 62.0 Å². The molecule has 2 aromatic rings. The van der Waals surface area contributed by atoms with Gasteiger partial charge in [-0.2, -0.15) is 0 Å². The molecule has 4 rings (SSSR count). The number of carbonyl (C=O) groups is 1. The summed E-state index contributed by atoms with van der Waals surface area (Å²) in [6, 6.07) is 2.04. The lowest BCUT2D eigenvalue weighted by atomic mass is 9.76. The molecule has 2 aromatic heterocycles. The number of amides is 1. The first-order valence-corrected chi connectivity index (χ1v) is 10.5. The molecule has 2 aliphatic rings. The Morgan fingerprint density at radius 1 is 1.21 bits per heavy atom. The maximum atomic E-state index is 13.1. The minimum Gasteiger partial charge on any atom is -0.378 e. The average Bonchev–Trinajstić information content (AvgIpc) is 3.14. The van der Waals surface area contributed by atoms with E-state index in [4.69, 9.17) is 9.84 Å². The van der Waals surface area contributed by atoms with Crippen molar-refractivity contribution in [2.24, 2.45) is 5.92 Å². The van der Waals surface area contributed by atoms with E-state index in [1.165, 1.54) is 32.1 Å². The van der Waals surface area contributed by atoms with E-state index in [0.29, 0.717) is 24.8 Å². The van der Waals surface area contributed by atoms with Crippen LogP contribution in [0, 0.1) is 12.8 Å². The first-order valence-electron chi connectivity index (χ1n) is 10.5. The van der Waals surface area contributed by atoms with E-state index >= 15 is 0 Å². The second kappa shape index (κ2) is 7.70. The Morgan fingerprint density at radius 2 is 1.93 bits per heavy atom. The van der Waals surface area contributed by atoms with Gasteiger partial charge in [0.15, 0.2) is 11.3 Å². The number of imidazole rings is 1. The van der Waals surface area contributed by atoms with Gasteiger partial charge in [0.05, 0.1) is 19.4 Å². The standard InChI is InChI=1S/C21H31N5O2/c1-15-13-18(25-9-11-28-12-10-25)24-26-17(14-22-19(15)26)20(27)23-21(2,3)16-7-5-4-6-8-16/h13-14,16H,4-12H2,1-3H3,(H,23,27). The van der Waals surface area contributed by atoms with Crippen LogP contribution in [0.15, 0.2) is 12.3 Å². The highest BCUT2D eigenvalue weighted by molar-refractivity contribution is 5.93. The maximum absolute atomic E-state index is 13.1. The van der Waals surface area contributed by atoms with Gasteiger partial charge in [0.1, 0.15) is 5.82 Å². The van der Waals surface area contributed by atoms with Crippen LogP contribution in [0.25, 0.3) is 5.65 Å². The van der Waals surface area contributed by atoms with Gasteiger partial charge in [0, 0.05) is 18.6 Å². The molecule has 0 atom stereocenters. The number of morpholine rings is 1. The van der Waals surface area contributed by atoms with Gasteiger partial charge < -0.3 is 15.0 Å². The summed E-state index contributed by atoms with van der Waals surface area (Å²) in [7, 11) is 0. The summed E-state index contributed by atoms with van der Waals surface area (Å²) < 4.78 is 7.15. The Balaban J connectivity index is 1.60. The molecule has 2 fully saturated rings. The van der Waals surface area contributed by atoms with Gasteiger partial charge >= 0.3 is 0 Å². The summed E-state index contributed by atoms with van der Waals surface area (Å²) in [6.45, 7) is 9.31. The number of nitrogens with one attached hydrogen (secondary N) is 1. The molecular weight excluding hydrogens is 354 g/mol. The van der Waals surface area contributed by atoms with E-state index in [1.807, 2.05) is 13.0 Å². The maximum Gasteiger partial charge on any atom is 0.272 e. The molecule has 0 spiro atoms. The lowest BCUT2D eigenvalue weighted by Gasteiger charge is -2.37. The van der Waals surface area contributed by atoms with Gasteiger partial charge in [-0.15, -0.1) is 5.10 Å². The number of ether oxygens (including phenoxy) is 1. The number of rotatable bonds is 4. The van der Waals surface area contributed by atoms with Crippen LogP contribution >= 0.6 is 0 Å². The molecule has 1 aliphatic heterocycles. The summed E-state index contributed by atoms with van der Waals surface area (Å²) in [5.41, 5.74) is 2.01. The van der Waals surface area contributed by atoms with E-state index in [0.717, 1.165) is 30.1 Å². The molecule has 0 unspecified atom stereocenters. The fourth-order valence-electron chi connectivity index (χ4n) is 4.49. The number of nitrogens with zero attached hydrogens (tertiary/aromatic N) is 4. The van der Waals surface area contributed by atoms with E-state index in [9.17, 15) is 4.79 Å². The molecule has 7 nitrogen and oxygen atoms in total. The molecule has 3 heterocycles. The number of anilines is 1. The van der Waals surface area contributed by atoms with Crippen molar-refractivity contribution in [2.75, 3.05) is 31.2 Å². The van der Waals surface area contributed by atoms with Crippen LogP contribution in [0.4, 0.5) is 5.82 Å². The smallest absolute Gasteiger partial charge is 0.272 e. The highest BCUT2D eigenvalue weighted by Crippen LogP contribution is 2.32. The Labute approximate surface area is 166 Å². The van der Waals surface area contributed by atoms with Gasteiger partial charge in [-0.05, 0) is 51.2 Å². The molecule has 7 heteroatoms. The fraction of sp³-hybridized carbons (Fsp3) is 0.667. The zero-order valence-electron chi connectivity index (χ0n) is 17.2. The second-order valence-electron chi connectivity index (χ2n) is 8.67. The minimum atomic E-state index is -0.238. The number of aromatic nitrogens is 3. The quantitative estimate of drug-likeness (QED) is 0.876. The number of hydrogen-bond acceptors (Lipinski definition) is 5. The summed E-state index contributed by atoms with van der Waals surface area (Å²) in [4.78, 5) is 19.8. The number of fused-ring (bicyclic) bond motifs is 1. The zero-order valence-corrected chi connectivity index (χ0v) is 17.2. The van der Waals surface area contributed by atoms with Crippen molar-refractivity contribution < 1.29 is 9.53 Å². The van der Waals surface area contributed by atoms with Gasteiger partial charge in [-0.1, -0.05) is 19.3 Å². The lowest BCUT2D eigenvalue weighted by molar-refractivity contribution is 0.0851. The summed E-state index contributed by atoms with van der Waals surface area (Å²) in [5, 5.41) is 8.01. The Bertz CT molecular complexity index is 848. The monoisotopic (exact) mass is 385 g/mol. The molecule has 152 valence electrons. The largest absolute Gasteiger partial charge is 0.378 e. The third-order valence-electron chi connectivity index (χ3n) is 6.27. The summed E-state index contributed by atoms with van der Waals surface area (Å²) >= 11 is 0. The molecule has 1 amide bonds. The third kappa shape index (κ3) is 3.72. The molecule has 0 aromatic carbocycles. The van der Waals surface area contributed by atoms with E-state index < -0.39 is 0 Å². The zero-order chi connectivity index (χ0) is 19.7.